The predicted molar refractivity (Wildman–Crippen MR) is 69.3 cm³/mol. The first-order valence-corrected chi connectivity index (χ1v) is 5.98. The number of carbonyl (C=O) groups is 1. The van der Waals surface area contributed by atoms with Gasteiger partial charge in [0.2, 0.25) is 0 Å². The normalized spacial score (nSPS) is 13.2. The van der Waals surface area contributed by atoms with Crippen molar-refractivity contribution in [1.29, 1.82) is 0 Å². The number of ether oxygens (including phenoxy) is 1. The summed E-state index contributed by atoms with van der Waals surface area (Å²) in [6.45, 7) is 0. The molecule has 2 aromatic carbocycles. The highest BCUT2D eigenvalue weighted by Crippen LogP contribution is 2.40. The van der Waals surface area contributed by atoms with Gasteiger partial charge in [-0.1, -0.05) is 17.7 Å². The minimum atomic E-state index is -0.293. The van der Waals surface area contributed by atoms with E-state index in [2.05, 4.69) is 0 Å². The van der Waals surface area contributed by atoms with Crippen molar-refractivity contribution >= 4 is 17.4 Å². The predicted octanol–water partition coefficient (Wildman–Crippen LogP) is 3.28. The number of benzene rings is 2. The summed E-state index contributed by atoms with van der Waals surface area (Å²) in [5.41, 5.74) is 0.759. The van der Waals surface area contributed by atoms with Gasteiger partial charge in [-0.15, -0.1) is 0 Å². The smallest absolute Gasteiger partial charge is 0.174 e. The molecule has 0 unspecified atom stereocenters. The third-order valence-electron chi connectivity index (χ3n) is 2.95. The summed E-state index contributed by atoms with van der Waals surface area (Å²) < 4.78 is 5.59. The highest BCUT2D eigenvalue weighted by Gasteiger charge is 2.25. The van der Waals surface area contributed by atoms with E-state index < -0.39 is 0 Å². The Morgan fingerprint density at radius 3 is 2.68 bits per heavy atom. The van der Waals surface area contributed by atoms with Gasteiger partial charge >= 0.3 is 0 Å². The van der Waals surface area contributed by atoms with Gasteiger partial charge < -0.3 is 14.9 Å². The van der Waals surface area contributed by atoms with Crippen LogP contribution in [0.4, 0.5) is 0 Å². The molecule has 0 aliphatic carbocycles. The summed E-state index contributed by atoms with van der Waals surface area (Å²) in [5.74, 6) is -0.157. The molecule has 0 spiro atoms. The molecule has 0 aromatic heterocycles. The van der Waals surface area contributed by atoms with E-state index in [1.54, 1.807) is 18.2 Å². The van der Waals surface area contributed by atoms with E-state index in [9.17, 15) is 15.0 Å². The Kier molecular flexibility index (Phi) is 2.61. The molecule has 5 heteroatoms. The molecule has 19 heavy (non-hydrogen) atoms. The molecule has 2 aromatic rings. The quantitative estimate of drug-likeness (QED) is 0.775. The molecule has 0 amide bonds. The lowest BCUT2D eigenvalue weighted by molar-refractivity contribution is 0.0991. The van der Waals surface area contributed by atoms with Crippen molar-refractivity contribution in [1.82, 2.24) is 0 Å². The van der Waals surface area contributed by atoms with Crippen LogP contribution in [0.3, 0.4) is 0 Å². The number of phenols is 2. The fraction of sp³-hybridized carbons (Fsp3) is 0.0714. The number of carbonyl (C=O) groups excluding carboxylic acids is 1. The van der Waals surface area contributed by atoms with E-state index in [-0.39, 0.29) is 35.0 Å². The molecule has 3 rings (SSSR count). The minimum Gasteiger partial charge on any atom is -0.508 e. The number of phenolic OH excluding ortho intramolecular Hbond substituents is 2. The zero-order valence-corrected chi connectivity index (χ0v) is 10.4. The maximum Gasteiger partial charge on any atom is 0.174 e. The summed E-state index contributed by atoms with van der Waals surface area (Å²) in [6.07, 6.45) is 0.109. The number of hydrogen-bond acceptors (Lipinski definition) is 4. The number of aromatic hydroxyl groups is 2. The summed E-state index contributed by atoms with van der Waals surface area (Å²) in [6, 6.07) is 7.38. The van der Waals surface area contributed by atoms with Crippen LogP contribution in [0.5, 0.6) is 23.0 Å². The molecule has 0 radical (unpaired) electrons. The molecule has 1 aliphatic rings. The van der Waals surface area contributed by atoms with Crippen molar-refractivity contribution in [3.63, 3.8) is 0 Å². The molecule has 1 aliphatic heterocycles. The van der Waals surface area contributed by atoms with E-state index in [4.69, 9.17) is 16.3 Å². The molecule has 0 atom stereocenters. The highest BCUT2D eigenvalue weighted by atomic mass is 35.5. The first-order valence-electron chi connectivity index (χ1n) is 5.60. The molecular weight excluding hydrogens is 268 g/mol. The fourth-order valence-electron chi connectivity index (χ4n) is 2.10. The van der Waals surface area contributed by atoms with Crippen LogP contribution < -0.4 is 4.74 Å². The van der Waals surface area contributed by atoms with Crippen molar-refractivity contribution in [2.24, 2.45) is 0 Å². The number of halogens is 1. The van der Waals surface area contributed by atoms with Gasteiger partial charge in [0, 0.05) is 29.1 Å². The van der Waals surface area contributed by atoms with Crippen molar-refractivity contribution in [3.8, 4) is 23.0 Å². The Morgan fingerprint density at radius 1 is 1.11 bits per heavy atom. The van der Waals surface area contributed by atoms with Gasteiger partial charge in [0.25, 0.3) is 0 Å². The highest BCUT2D eigenvalue weighted by molar-refractivity contribution is 6.30. The van der Waals surface area contributed by atoms with Gasteiger partial charge in [-0.3, -0.25) is 4.79 Å². The molecule has 4 nitrogen and oxygen atoms in total. The Balaban J connectivity index is 2.22. The summed E-state index contributed by atoms with van der Waals surface area (Å²) in [7, 11) is 0. The van der Waals surface area contributed by atoms with Gasteiger partial charge in [0.1, 0.15) is 28.6 Å². The lowest BCUT2D eigenvalue weighted by Gasteiger charge is -2.09. The third kappa shape index (κ3) is 2.00. The molecule has 2 N–H and O–H groups in total. The second kappa shape index (κ2) is 4.17. The monoisotopic (exact) mass is 276 g/mol. The first kappa shape index (κ1) is 11.9. The number of Topliss-reactive ketones (excluding diaryl/α,β-unsaturated/α-hetero) is 1. The van der Waals surface area contributed by atoms with E-state index >= 15 is 0 Å². The Hall–Kier alpha value is -2.20. The molecule has 0 bridgehead atoms. The maximum absolute atomic E-state index is 12.1. The SMILES string of the molecule is O=C1Cc2ccc(Cl)cc2Oc2cc(O)cc(O)c21. The Morgan fingerprint density at radius 2 is 1.89 bits per heavy atom. The molecule has 0 saturated carbocycles. The second-order valence-electron chi connectivity index (χ2n) is 4.29. The second-order valence-corrected chi connectivity index (χ2v) is 4.73. The van der Waals surface area contributed by atoms with Crippen LogP contribution in [-0.2, 0) is 6.42 Å². The van der Waals surface area contributed by atoms with E-state index in [0.717, 1.165) is 6.07 Å². The van der Waals surface area contributed by atoms with E-state index in [0.29, 0.717) is 16.3 Å². The van der Waals surface area contributed by atoms with Crippen LogP contribution in [0.1, 0.15) is 15.9 Å². The molecular formula is C14H9ClO4. The van der Waals surface area contributed by atoms with Crippen LogP contribution in [0.25, 0.3) is 0 Å². The van der Waals surface area contributed by atoms with Crippen LogP contribution in [0, 0.1) is 0 Å². The van der Waals surface area contributed by atoms with Gasteiger partial charge in [0.05, 0.1) is 0 Å². The molecule has 1 heterocycles. The first-order chi connectivity index (χ1) is 9.04. The standard InChI is InChI=1S/C14H9ClO4/c15-8-2-1-7-3-10(17)14-11(18)5-9(16)6-13(14)19-12(7)4-8/h1-2,4-6,16,18H,3H2. The van der Waals surface area contributed by atoms with Crippen molar-refractivity contribution in [3.05, 3.63) is 46.5 Å². The largest absolute Gasteiger partial charge is 0.508 e. The lowest BCUT2D eigenvalue weighted by atomic mass is 10.0. The van der Waals surface area contributed by atoms with Gasteiger partial charge in [-0.25, -0.2) is 0 Å². The minimum absolute atomic E-state index is 0.0742. The van der Waals surface area contributed by atoms with Crippen LogP contribution in [0.15, 0.2) is 30.3 Å². The Bertz CT molecular complexity index is 694. The van der Waals surface area contributed by atoms with Gasteiger partial charge in [0.15, 0.2) is 5.78 Å². The van der Waals surface area contributed by atoms with E-state index in [1.165, 1.54) is 6.07 Å². The Labute approximate surface area is 113 Å². The molecule has 96 valence electrons. The van der Waals surface area contributed by atoms with Gasteiger partial charge in [-0.2, -0.15) is 0 Å². The van der Waals surface area contributed by atoms with Crippen LogP contribution in [-0.4, -0.2) is 16.0 Å². The maximum atomic E-state index is 12.1. The van der Waals surface area contributed by atoms with Crippen molar-refractivity contribution < 1.29 is 19.7 Å². The number of fused-ring (bicyclic) bond motifs is 2. The summed E-state index contributed by atoms with van der Waals surface area (Å²) >= 11 is 5.89. The zero-order valence-electron chi connectivity index (χ0n) is 9.68. The number of rotatable bonds is 0. The van der Waals surface area contributed by atoms with Crippen LogP contribution >= 0.6 is 11.6 Å². The average Bonchev–Trinajstić information content (AvgIpc) is 2.44. The topological polar surface area (TPSA) is 66.8 Å². The lowest BCUT2D eigenvalue weighted by Crippen LogP contribution is -2.02. The van der Waals surface area contributed by atoms with Crippen LogP contribution in [0.2, 0.25) is 5.02 Å². The van der Waals surface area contributed by atoms with Crippen molar-refractivity contribution in [2.45, 2.75) is 6.42 Å². The summed E-state index contributed by atoms with van der Waals surface area (Å²) in [4.78, 5) is 12.1. The summed E-state index contributed by atoms with van der Waals surface area (Å²) in [5, 5.41) is 19.7. The van der Waals surface area contributed by atoms with Crippen molar-refractivity contribution in [2.75, 3.05) is 0 Å². The van der Waals surface area contributed by atoms with E-state index in [1.807, 2.05) is 0 Å². The number of ketones is 1. The molecule has 0 fully saturated rings. The fourth-order valence-corrected chi connectivity index (χ4v) is 2.26. The van der Waals surface area contributed by atoms with Gasteiger partial charge in [-0.05, 0) is 12.1 Å². The zero-order chi connectivity index (χ0) is 13.6. The third-order valence-corrected chi connectivity index (χ3v) is 3.18. The molecule has 0 saturated heterocycles. The average molecular weight is 277 g/mol. The number of hydrogen-bond donors (Lipinski definition) is 2.